The first kappa shape index (κ1) is 14.6. The third-order valence-electron chi connectivity index (χ3n) is 3.17. The molecule has 2 aromatic carbocycles. The molecule has 3 rings (SSSR count). The van der Waals surface area contributed by atoms with E-state index >= 15 is 0 Å². The molecule has 3 aromatic rings. The monoisotopic (exact) mass is 342 g/mol. The van der Waals surface area contributed by atoms with E-state index in [9.17, 15) is 4.39 Å². The van der Waals surface area contributed by atoms with Crippen LogP contribution >= 0.6 is 34.8 Å². The van der Waals surface area contributed by atoms with Crippen LogP contribution in [0.3, 0.4) is 0 Å². The summed E-state index contributed by atoms with van der Waals surface area (Å²) in [7, 11) is 0. The van der Waals surface area contributed by atoms with E-state index in [1.165, 1.54) is 6.07 Å². The highest BCUT2D eigenvalue weighted by Gasteiger charge is 2.16. The van der Waals surface area contributed by atoms with Gasteiger partial charge in [0.1, 0.15) is 11.3 Å². The number of hydrogen-bond donors (Lipinski definition) is 0. The topological polar surface area (TPSA) is 17.8 Å². The Kier molecular flexibility index (Phi) is 4.07. The highest BCUT2D eigenvalue weighted by Crippen LogP contribution is 2.30. The molecule has 0 amide bonds. The van der Waals surface area contributed by atoms with E-state index in [4.69, 9.17) is 34.8 Å². The number of benzene rings is 2. The number of fused-ring (bicyclic) bond motifs is 1. The van der Waals surface area contributed by atoms with Gasteiger partial charge < -0.3 is 0 Å². The number of aryl methyl sites for hydroxylation is 1. The summed E-state index contributed by atoms with van der Waals surface area (Å²) in [5.41, 5.74) is 1.60. The average molecular weight is 344 g/mol. The number of hydrogen-bond acceptors (Lipinski definition) is 1. The summed E-state index contributed by atoms with van der Waals surface area (Å²) >= 11 is 18.1. The Bertz CT molecular complexity index is 814. The van der Waals surface area contributed by atoms with Crippen LogP contribution in [0.1, 0.15) is 5.82 Å². The Morgan fingerprint density at radius 2 is 1.95 bits per heavy atom. The SMILES string of the molecule is Fc1cccc2c1nc(CCCl)n2-c1cc(Cl)ccc1Cl. The second-order valence-corrected chi connectivity index (χ2v) is 5.73. The lowest BCUT2D eigenvalue weighted by atomic mass is 10.2. The van der Waals surface area contributed by atoms with Crippen molar-refractivity contribution in [1.82, 2.24) is 9.55 Å². The molecule has 0 saturated carbocycles. The summed E-state index contributed by atoms with van der Waals surface area (Å²) in [6.07, 6.45) is 0.499. The van der Waals surface area contributed by atoms with E-state index in [0.29, 0.717) is 44.9 Å². The first-order valence-electron chi connectivity index (χ1n) is 6.29. The van der Waals surface area contributed by atoms with Crippen molar-refractivity contribution < 1.29 is 4.39 Å². The normalized spacial score (nSPS) is 11.2. The quantitative estimate of drug-likeness (QED) is 0.594. The minimum absolute atomic E-state index is 0.300. The summed E-state index contributed by atoms with van der Waals surface area (Å²) in [5.74, 6) is 0.651. The molecule has 0 bridgehead atoms. The average Bonchev–Trinajstić information content (AvgIpc) is 2.82. The fourth-order valence-electron chi connectivity index (χ4n) is 2.29. The maximum absolute atomic E-state index is 13.9. The number of para-hydroxylation sites is 1. The van der Waals surface area contributed by atoms with Gasteiger partial charge >= 0.3 is 0 Å². The molecule has 108 valence electrons. The molecular formula is C15H10Cl3FN2. The van der Waals surface area contributed by atoms with E-state index < -0.39 is 0 Å². The van der Waals surface area contributed by atoms with Gasteiger partial charge in [0.2, 0.25) is 0 Å². The smallest absolute Gasteiger partial charge is 0.151 e. The van der Waals surface area contributed by atoms with Gasteiger partial charge in [0, 0.05) is 17.3 Å². The minimum atomic E-state index is -0.375. The summed E-state index contributed by atoms with van der Waals surface area (Å²) in [6, 6.07) is 9.94. The molecule has 21 heavy (non-hydrogen) atoms. The molecule has 0 atom stereocenters. The molecule has 6 heteroatoms. The van der Waals surface area contributed by atoms with Crippen LogP contribution in [0.15, 0.2) is 36.4 Å². The van der Waals surface area contributed by atoms with E-state index in [2.05, 4.69) is 4.98 Å². The van der Waals surface area contributed by atoms with Gasteiger partial charge in [-0.3, -0.25) is 4.57 Å². The van der Waals surface area contributed by atoms with Crippen LogP contribution in [0.25, 0.3) is 16.7 Å². The number of halogens is 4. The first-order chi connectivity index (χ1) is 10.1. The zero-order chi connectivity index (χ0) is 15.0. The fraction of sp³-hybridized carbons (Fsp3) is 0.133. The zero-order valence-electron chi connectivity index (χ0n) is 10.8. The van der Waals surface area contributed by atoms with Crippen molar-refractivity contribution in [2.24, 2.45) is 0 Å². The van der Waals surface area contributed by atoms with Crippen LogP contribution in [-0.2, 0) is 6.42 Å². The van der Waals surface area contributed by atoms with Crippen LogP contribution in [0.4, 0.5) is 4.39 Å². The van der Waals surface area contributed by atoms with Crippen LogP contribution in [0, 0.1) is 5.82 Å². The fourth-order valence-corrected chi connectivity index (χ4v) is 2.83. The standard InChI is InChI=1S/C15H10Cl3FN2/c16-7-6-14-20-15-11(19)2-1-3-12(15)21(14)13-8-9(17)4-5-10(13)18/h1-5,8H,6-7H2. The van der Waals surface area contributed by atoms with Gasteiger partial charge in [-0.05, 0) is 30.3 Å². The molecule has 0 aliphatic carbocycles. The maximum atomic E-state index is 13.9. The summed E-state index contributed by atoms with van der Waals surface area (Å²) in [6.45, 7) is 0. The van der Waals surface area contributed by atoms with Crippen molar-refractivity contribution >= 4 is 45.8 Å². The molecule has 0 N–H and O–H groups in total. The third-order valence-corrected chi connectivity index (χ3v) is 3.92. The Morgan fingerprint density at radius 1 is 1.14 bits per heavy atom. The van der Waals surface area contributed by atoms with Gasteiger partial charge in [-0.1, -0.05) is 29.3 Å². The Balaban J connectivity index is 2.36. The van der Waals surface area contributed by atoms with E-state index in [-0.39, 0.29) is 5.82 Å². The van der Waals surface area contributed by atoms with Crippen molar-refractivity contribution in [3.63, 3.8) is 0 Å². The molecule has 0 spiro atoms. The maximum Gasteiger partial charge on any atom is 0.151 e. The highest BCUT2D eigenvalue weighted by molar-refractivity contribution is 6.34. The second kappa shape index (κ2) is 5.84. The molecule has 0 unspecified atom stereocenters. The van der Waals surface area contributed by atoms with Crippen molar-refractivity contribution in [1.29, 1.82) is 0 Å². The van der Waals surface area contributed by atoms with Crippen molar-refractivity contribution in [2.75, 3.05) is 5.88 Å². The van der Waals surface area contributed by atoms with E-state index in [1.807, 2.05) is 0 Å². The second-order valence-electron chi connectivity index (χ2n) is 4.51. The predicted molar refractivity (Wildman–Crippen MR) is 85.5 cm³/mol. The summed E-state index contributed by atoms with van der Waals surface area (Å²) in [4.78, 5) is 4.35. The number of nitrogens with zero attached hydrogens (tertiary/aromatic N) is 2. The van der Waals surface area contributed by atoms with Crippen LogP contribution in [0.5, 0.6) is 0 Å². The lowest BCUT2D eigenvalue weighted by Gasteiger charge is -2.11. The van der Waals surface area contributed by atoms with Gasteiger partial charge in [-0.25, -0.2) is 9.37 Å². The number of aromatic nitrogens is 2. The molecule has 0 radical (unpaired) electrons. The van der Waals surface area contributed by atoms with Gasteiger partial charge in [-0.2, -0.15) is 0 Å². The number of alkyl halides is 1. The molecule has 0 aliphatic heterocycles. The third kappa shape index (κ3) is 2.61. The summed E-state index contributed by atoms with van der Waals surface area (Å²) < 4.78 is 15.7. The molecular weight excluding hydrogens is 334 g/mol. The van der Waals surface area contributed by atoms with Crippen molar-refractivity contribution in [3.8, 4) is 5.69 Å². The zero-order valence-corrected chi connectivity index (χ0v) is 13.1. The van der Waals surface area contributed by atoms with Crippen LogP contribution in [0.2, 0.25) is 10.0 Å². The number of rotatable bonds is 3. The van der Waals surface area contributed by atoms with Crippen molar-refractivity contribution in [2.45, 2.75) is 6.42 Å². The minimum Gasteiger partial charge on any atom is -0.295 e. The van der Waals surface area contributed by atoms with Gasteiger partial charge in [0.05, 0.1) is 16.2 Å². The number of imidazole rings is 1. The molecule has 0 fully saturated rings. The Morgan fingerprint density at radius 3 is 2.71 bits per heavy atom. The molecule has 2 nitrogen and oxygen atoms in total. The molecule has 1 heterocycles. The lowest BCUT2D eigenvalue weighted by molar-refractivity contribution is 0.637. The van der Waals surface area contributed by atoms with Gasteiger partial charge in [-0.15, -0.1) is 11.6 Å². The van der Waals surface area contributed by atoms with Crippen LogP contribution < -0.4 is 0 Å². The van der Waals surface area contributed by atoms with Crippen molar-refractivity contribution in [3.05, 3.63) is 58.1 Å². The largest absolute Gasteiger partial charge is 0.295 e. The first-order valence-corrected chi connectivity index (χ1v) is 7.58. The lowest BCUT2D eigenvalue weighted by Crippen LogP contribution is -2.03. The highest BCUT2D eigenvalue weighted by atomic mass is 35.5. The summed E-state index contributed by atoms with van der Waals surface area (Å²) in [5, 5.41) is 1.06. The van der Waals surface area contributed by atoms with E-state index in [0.717, 1.165) is 0 Å². The van der Waals surface area contributed by atoms with Gasteiger partial charge in [0.25, 0.3) is 0 Å². The Hall–Kier alpha value is -1.29. The predicted octanol–water partition coefficient (Wildman–Crippen LogP) is 5.25. The molecule has 0 saturated heterocycles. The van der Waals surface area contributed by atoms with E-state index in [1.54, 1.807) is 34.9 Å². The Labute approximate surface area is 136 Å². The molecule has 1 aromatic heterocycles. The van der Waals surface area contributed by atoms with Gasteiger partial charge in [0.15, 0.2) is 5.82 Å². The van der Waals surface area contributed by atoms with Crippen LogP contribution in [-0.4, -0.2) is 15.4 Å². The molecule has 0 aliphatic rings.